The maximum absolute atomic E-state index is 11.6. The van der Waals surface area contributed by atoms with Crippen LogP contribution in [0.5, 0.6) is 0 Å². The third kappa shape index (κ3) is 1.91. The molecular weight excluding hydrogens is 188 g/mol. The number of aliphatic carboxylic acids is 1. The van der Waals surface area contributed by atoms with E-state index in [0.717, 1.165) is 32.1 Å². The van der Waals surface area contributed by atoms with Gasteiger partial charge in [-0.15, -0.1) is 0 Å². The molecule has 2 nitrogen and oxygen atoms in total. The molecule has 0 aromatic heterocycles. The molecule has 15 heavy (non-hydrogen) atoms. The second-order valence-electron chi connectivity index (χ2n) is 5.64. The lowest BCUT2D eigenvalue weighted by atomic mass is 9.62. The molecule has 2 atom stereocenters. The van der Waals surface area contributed by atoms with E-state index in [1.807, 2.05) is 0 Å². The van der Waals surface area contributed by atoms with Gasteiger partial charge in [0.25, 0.3) is 0 Å². The van der Waals surface area contributed by atoms with Gasteiger partial charge in [0.2, 0.25) is 0 Å². The second-order valence-corrected chi connectivity index (χ2v) is 5.64. The molecule has 0 aromatic carbocycles. The predicted molar refractivity (Wildman–Crippen MR) is 59.7 cm³/mol. The Kier molecular flexibility index (Phi) is 3.03. The van der Waals surface area contributed by atoms with Crippen LogP contribution in [0.15, 0.2) is 0 Å². The van der Waals surface area contributed by atoms with Gasteiger partial charge < -0.3 is 5.11 Å². The van der Waals surface area contributed by atoms with Gasteiger partial charge in [0.15, 0.2) is 0 Å². The summed E-state index contributed by atoms with van der Waals surface area (Å²) in [6.07, 6.45) is 8.98. The van der Waals surface area contributed by atoms with Crippen molar-refractivity contribution < 1.29 is 9.90 Å². The Morgan fingerprint density at radius 3 is 2.40 bits per heavy atom. The lowest BCUT2D eigenvalue weighted by Crippen LogP contribution is -2.41. The smallest absolute Gasteiger partial charge is 0.309 e. The Labute approximate surface area is 92.1 Å². The van der Waals surface area contributed by atoms with Gasteiger partial charge in [-0.3, -0.25) is 4.79 Å². The van der Waals surface area contributed by atoms with E-state index in [1.165, 1.54) is 19.3 Å². The minimum Gasteiger partial charge on any atom is -0.481 e. The lowest BCUT2D eigenvalue weighted by molar-refractivity contribution is -0.156. The maximum Gasteiger partial charge on any atom is 0.309 e. The Hall–Kier alpha value is -0.530. The molecule has 2 rings (SSSR count). The van der Waals surface area contributed by atoms with Crippen LogP contribution in [-0.4, -0.2) is 11.1 Å². The van der Waals surface area contributed by atoms with Crippen molar-refractivity contribution in [1.82, 2.24) is 0 Å². The first-order valence-corrected chi connectivity index (χ1v) is 6.38. The number of carboxylic acids is 1. The van der Waals surface area contributed by atoms with Gasteiger partial charge in [-0.2, -0.15) is 0 Å². The molecule has 2 aliphatic carbocycles. The Morgan fingerprint density at radius 1 is 1.20 bits per heavy atom. The van der Waals surface area contributed by atoms with E-state index in [-0.39, 0.29) is 5.41 Å². The summed E-state index contributed by atoms with van der Waals surface area (Å²) in [5.74, 6) is 0.564. The van der Waals surface area contributed by atoms with E-state index < -0.39 is 5.97 Å². The van der Waals surface area contributed by atoms with E-state index in [9.17, 15) is 9.90 Å². The SMILES string of the molecule is CC1CCCC(C(=O)O)(C2CCCC2)C1. The zero-order chi connectivity index (χ0) is 10.9. The third-order valence-electron chi connectivity index (χ3n) is 4.60. The Bertz CT molecular complexity index is 243. The fourth-order valence-electron chi connectivity index (χ4n) is 3.81. The van der Waals surface area contributed by atoms with Crippen molar-refractivity contribution in [3.63, 3.8) is 0 Å². The standard InChI is InChI=1S/C13H22O2/c1-10-5-4-8-13(9-10,12(14)15)11-6-2-3-7-11/h10-11H,2-9H2,1H3,(H,14,15). The van der Waals surface area contributed by atoms with Crippen molar-refractivity contribution in [2.45, 2.75) is 58.3 Å². The van der Waals surface area contributed by atoms with Crippen molar-refractivity contribution in [1.29, 1.82) is 0 Å². The summed E-state index contributed by atoms with van der Waals surface area (Å²) in [6, 6.07) is 0. The van der Waals surface area contributed by atoms with Crippen molar-refractivity contribution >= 4 is 5.97 Å². The Balaban J connectivity index is 2.18. The quantitative estimate of drug-likeness (QED) is 0.758. The molecule has 2 unspecified atom stereocenters. The minimum absolute atomic E-state index is 0.353. The van der Waals surface area contributed by atoms with Gasteiger partial charge in [-0.05, 0) is 37.5 Å². The van der Waals surface area contributed by atoms with Gasteiger partial charge in [0.1, 0.15) is 0 Å². The average molecular weight is 210 g/mol. The van der Waals surface area contributed by atoms with Crippen LogP contribution in [0, 0.1) is 17.3 Å². The van der Waals surface area contributed by atoms with Crippen molar-refractivity contribution in [2.24, 2.45) is 17.3 Å². The second kappa shape index (κ2) is 4.15. The van der Waals surface area contributed by atoms with Gasteiger partial charge in [-0.1, -0.05) is 32.6 Å². The maximum atomic E-state index is 11.6. The van der Waals surface area contributed by atoms with Crippen LogP contribution in [0.25, 0.3) is 0 Å². The molecule has 0 saturated heterocycles. The summed E-state index contributed by atoms with van der Waals surface area (Å²) < 4.78 is 0. The summed E-state index contributed by atoms with van der Waals surface area (Å²) in [7, 11) is 0. The van der Waals surface area contributed by atoms with Crippen LogP contribution < -0.4 is 0 Å². The molecule has 0 aromatic rings. The zero-order valence-corrected chi connectivity index (χ0v) is 9.67. The summed E-state index contributed by atoms with van der Waals surface area (Å²) in [6.45, 7) is 2.21. The molecule has 2 aliphatic rings. The van der Waals surface area contributed by atoms with Crippen molar-refractivity contribution in [3.8, 4) is 0 Å². The minimum atomic E-state index is -0.513. The molecule has 2 fully saturated rings. The summed E-state index contributed by atoms with van der Waals surface area (Å²) in [5.41, 5.74) is -0.353. The van der Waals surface area contributed by atoms with Crippen LogP contribution in [0.4, 0.5) is 0 Å². The average Bonchev–Trinajstić information content (AvgIpc) is 2.70. The third-order valence-corrected chi connectivity index (χ3v) is 4.60. The highest BCUT2D eigenvalue weighted by Crippen LogP contribution is 2.50. The highest BCUT2D eigenvalue weighted by Gasteiger charge is 2.48. The first kappa shape index (κ1) is 11.0. The van der Waals surface area contributed by atoms with Gasteiger partial charge in [0, 0.05) is 0 Å². The van der Waals surface area contributed by atoms with Crippen LogP contribution in [0.3, 0.4) is 0 Å². The van der Waals surface area contributed by atoms with E-state index in [0.29, 0.717) is 11.8 Å². The van der Waals surface area contributed by atoms with Gasteiger partial charge in [0.05, 0.1) is 5.41 Å². The van der Waals surface area contributed by atoms with E-state index in [4.69, 9.17) is 0 Å². The van der Waals surface area contributed by atoms with E-state index >= 15 is 0 Å². The van der Waals surface area contributed by atoms with Crippen LogP contribution >= 0.6 is 0 Å². The highest BCUT2D eigenvalue weighted by molar-refractivity contribution is 5.75. The molecule has 0 bridgehead atoms. The Morgan fingerprint density at radius 2 is 1.87 bits per heavy atom. The highest BCUT2D eigenvalue weighted by atomic mass is 16.4. The predicted octanol–water partition coefficient (Wildman–Crippen LogP) is 3.46. The molecule has 2 heteroatoms. The summed E-state index contributed by atoms with van der Waals surface area (Å²) >= 11 is 0. The van der Waals surface area contributed by atoms with Crippen LogP contribution in [0.2, 0.25) is 0 Å². The topological polar surface area (TPSA) is 37.3 Å². The molecule has 0 heterocycles. The lowest BCUT2D eigenvalue weighted by Gasteiger charge is -2.41. The van der Waals surface area contributed by atoms with Crippen LogP contribution in [-0.2, 0) is 4.79 Å². The molecule has 1 N–H and O–H groups in total. The normalized spacial score (nSPS) is 38.1. The van der Waals surface area contributed by atoms with E-state index in [2.05, 4.69) is 6.92 Å². The van der Waals surface area contributed by atoms with Gasteiger partial charge >= 0.3 is 5.97 Å². The summed E-state index contributed by atoms with van der Waals surface area (Å²) in [5, 5.41) is 9.57. The van der Waals surface area contributed by atoms with E-state index in [1.54, 1.807) is 0 Å². The number of hydrogen-bond acceptors (Lipinski definition) is 1. The monoisotopic (exact) mass is 210 g/mol. The fourth-order valence-corrected chi connectivity index (χ4v) is 3.81. The fraction of sp³-hybridized carbons (Fsp3) is 0.923. The number of carboxylic acid groups (broad SMARTS) is 1. The molecule has 0 aliphatic heterocycles. The van der Waals surface area contributed by atoms with Crippen LogP contribution in [0.1, 0.15) is 58.3 Å². The molecule has 2 saturated carbocycles. The summed E-state index contributed by atoms with van der Waals surface area (Å²) in [4.78, 5) is 11.6. The zero-order valence-electron chi connectivity index (χ0n) is 9.67. The largest absolute Gasteiger partial charge is 0.481 e. The van der Waals surface area contributed by atoms with Crippen molar-refractivity contribution in [3.05, 3.63) is 0 Å². The first-order valence-electron chi connectivity index (χ1n) is 6.38. The van der Waals surface area contributed by atoms with Crippen molar-refractivity contribution in [2.75, 3.05) is 0 Å². The molecule has 0 amide bonds. The molecule has 0 radical (unpaired) electrons. The number of rotatable bonds is 2. The number of hydrogen-bond donors (Lipinski definition) is 1. The van der Waals surface area contributed by atoms with Gasteiger partial charge in [-0.25, -0.2) is 0 Å². The molecule has 0 spiro atoms. The first-order chi connectivity index (χ1) is 7.15. The molecular formula is C13H22O2. The number of carbonyl (C=O) groups is 1. The molecule has 86 valence electrons.